The van der Waals surface area contributed by atoms with E-state index in [9.17, 15) is 4.79 Å². The average molecular weight is 185 g/mol. The van der Waals surface area contributed by atoms with Crippen LogP contribution in [-0.2, 0) is 9.47 Å². The molecule has 2 fully saturated rings. The lowest BCUT2D eigenvalue weighted by molar-refractivity contribution is 0.00330. The summed E-state index contributed by atoms with van der Waals surface area (Å²) in [5.74, 6) is 0. The molecule has 0 aromatic carbocycles. The van der Waals surface area contributed by atoms with Crippen LogP contribution in [0.15, 0.2) is 0 Å². The smallest absolute Gasteiger partial charge is 0.410 e. The van der Waals surface area contributed by atoms with E-state index >= 15 is 0 Å². The maximum atomic E-state index is 11.3. The molecule has 2 rings (SSSR count). The SMILES string of the molecule is COC1CCN2C(=O)OCC2(C)C1. The minimum Gasteiger partial charge on any atom is -0.447 e. The molecule has 13 heavy (non-hydrogen) atoms. The number of ether oxygens (including phenoxy) is 2. The van der Waals surface area contributed by atoms with Crippen LogP contribution in [0, 0.1) is 0 Å². The van der Waals surface area contributed by atoms with E-state index in [0.717, 1.165) is 19.4 Å². The van der Waals surface area contributed by atoms with Gasteiger partial charge in [-0.1, -0.05) is 0 Å². The first-order chi connectivity index (χ1) is 6.15. The predicted molar refractivity (Wildman–Crippen MR) is 46.5 cm³/mol. The summed E-state index contributed by atoms with van der Waals surface area (Å²) in [6.45, 7) is 3.32. The zero-order valence-electron chi connectivity index (χ0n) is 8.08. The Morgan fingerprint density at radius 1 is 1.69 bits per heavy atom. The van der Waals surface area contributed by atoms with Crippen molar-refractivity contribution in [3.8, 4) is 0 Å². The van der Waals surface area contributed by atoms with Crippen molar-refractivity contribution in [1.29, 1.82) is 0 Å². The lowest BCUT2D eigenvalue weighted by Gasteiger charge is -2.39. The molecule has 0 aromatic rings. The first kappa shape index (κ1) is 8.81. The quantitative estimate of drug-likeness (QED) is 0.612. The fourth-order valence-electron chi connectivity index (χ4n) is 2.19. The molecule has 0 spiro atoms. The van der Waals surface area contributed by atoms with Gasteiger partial charge in [0.2, 0.25) is 0 Å². The van der Waals surface area contributed by atoms with Crippen molar-refractivity contribution >= 4 is 6.09 Å². The van der Waals surface area contributed by atoms with Gasteiger partial charge < -0.3 is 9.47 Å². The molecule has 0 aliphatic carbocycles. The van der Waals surface area contributed by atoms with Crippen LogP contribution in [0.3, 0.4) is 0 Å². The molecule has 0 saturated carbocycles. The zero-order chi connectivity index (χ0) is 9.47. The van der Waals surface area contributed by atoms with Gasteiger partial charge in [0.1, 0.15) is 6.61 Å². The maximum absolute atomic E-state index is 11.3. The molecule has 4 nitrogen and oxygen atoms in total. The van der Waals surface area contributed by atoms with Crippen molar-refractivity contribution in [2.24, 2.45) is 0 Å². The number of fused-ring (bicyclic) bond motifs is 1. The normalized spacial score (nSPS) is 38.8. The zero-order valence-corrected chi connectivity index (χ0v) is 8.08. The van der Waals surface area contributed by atoms with Crippen molar-refractivity contribution in [3.63, 3.8) is 0 Å². The van der Waals surface area contributed by atoms with Gasteiger partial charge in [-0.15, -0.1) is 0 Å². The molecule has 4 heteroatoms. The van der Waals surface area contributed by atoms with Crippen molar-refractivity contribution < 1.29 is 14.3 Å². The van der Waals surface area contributed by atoms with Crippen molar-refractivity contribution in [3.05, 3.63) is 0 Å². The molecule has 1 amide bonds. The Labute approximate surface area is 77.8 Å². The van der Waals surface area contributed by atoms with Gasteiger partial charge in [-0.25, -0.2) is 4.79 Å². The van der Waals surface area contributed by atoms with Crippen LogP contribution in [0.1, 0.15) is 19.8 Å². The molecule has 2 heterocycles. The third-order valence-electron chi connectivity index (χ3n) is 3.05. The van der Waals surface area contributed by atoms with E-state index in [-0.39, 0.29) is 17.7 Å². The Morgan fingerprint density at radius 3 is 3.15 bits per heavy atom. The summed E-state index contributed by atoms with van der Waals surface area (Å²) in [7, 11) is 1.72. The third kappa shape index (κ3) is 1.29. The first-order valence-electron chi connectivity index (χ1n) is 4.63. The molecule has 0 bridgehead atoms. The Kier molecular flexibility index (Phi) is 1.95. The largest absolute Gasteiger partial charge is 0.447 e. The van der Waals surface area contributed by atoms with Crippen molar-refractivity contribution in [1.82, 2.24) is 4.90 Å². The van der Waals surface area contributed by atoms with Crippen LogP contribution in [0.5, 0.6) is 0 Å². The lowest BCUT2D eigenvalue weighted by atomic mass is 9.88. The summed E-state index contributed by atoms with van der Waals surface area (Å²) in [6.07, 6.45) is 1.91. The molecule has 0 aromatic heterocycles. The summed E-state index contributed by atoms with van der Waals surface area (Å²) in [5, 5.41) is 0. The Hall–Kier alpha value is -0.770. The Morgan fingerprint density at radius 2 is 2.46 bits per heavy atom. The molecular formula is C9H15NO3. The van der Waals surface area contributed by atoms with Gasteiger partial charge in [-0.05, 0) is 13.3 Å². The molecule has 0 radical (unpaired) electrons. The minimum absolute atomic E-state index is 0.129. The number of nitrogens with zero attached hydrogens (tertiary/aromatic N) is 1. The van der Waals surface area contributed by atoms with Gasteiger partial charge in [-0.2, -0.15) is 0 Å². The first-order valence-corrected chi connectivity index (χ1v) is 4.63. The van der Waals surface area contributed by atoms with Gasteiger partial charge in [0.15, 0.2) is 0 Å². The summed E-state index contributed by atoms with van der Waals surface area (Å²) >= 11 is 0. The van der Waals surface area contributed by atoms with E-state index in [1.165, 1.54) is 0 Å². The fourth-order valence-corrected chi connectivity index (χ4v) is 2.19. The van der Waals surface area contributed by atoms with Crippen LogP contribution in [-0.4, -0.2) is 42.9 Å². The second-order valence-electron chi connectivity index (χ2n) is 4.05. The molecule has 2 aliphatic heterocycles. The summed E-state index contributed by atoms with van der Waals surface area (Å²) in [6, 6.07) is 0. The number of carbonyl (C=O) groups is 1. The highest BCUT2D eigenvalue weighted by Crippen LogP contribution is 2.34. The Balaban J connectivity index is 2.12. The molecule has 2 saturated heterocycles. The predicted octanol–water partition coefficient (Wildman–Crippen LogP) is 1.01. The molecule has 0 N–H and O–H groups in total. The minimum atomic E-state index is -0.169. The lowest BCUT2D eigenvalue weighted by Crippen LogP contribution is -2.52. The standard InChI is InChI=1S/C9H15NO3/c1-9-5-7(12-2)3-4-10(9)8(11)13-6-9/h7H,3-6H2,1-2H3. The molecular weight excluding hydrogens is 170 g/mol. The maximum Gasteiger partial charge on any atom is 0.410 e. The van der Waals surface area contributed by atoms with E-state index in [0.29, 0.717) is 6.61 Å². The van der Waals surface area contributed by atoms with Crippen molar-refractivity contribution in [2.75, 3.05) is 20.3 Å². The van der Waals surface area contributed by atoms with Gasteiger partial charge in [0.05, 0.1) is 11.6 Å². The molecule has 2 atom stereocenters. The van der Waals surface area contributed by atoms with Crippen LogP contribution in [0.4, 0.5) is 4.79 Å². The summed E-state index contributed by atoms with van der Waals surface area (Å²) in [4.78, 5) is 13.1. The van der Waals surface area contributed by atoms with E-state index < -0.39 is 0 Å². The highest BCUT2D eigenvalue weighted by Gasteiger charge is 2.47. The van der Waals surface area contributed by atoms with E-state index in [2.05, 4.69) is 6.92 Å². The number of amides is 1. The molecule has 2 unspecified atom stereocenters. The van der Waals surface area contributed by atoms with Gasteiger partial charge >= 0.3 is 6.09 Å². The van der Waals surface area contributed by atoms with Crippen molar-refractivity contribution in [2.45, 2.75) is 31.4 Å². The van der Waals surface area contributed by atoms with Gasteiger partial charge in [0, 0.05) is 20.1 Å². The van der Waals surface area contributed by atoms with E-state index in [1.54, 1.807) is 7.11 Å². The molecule has 74 valence electrons. The number of cyclic esters (lactones) is 1. The summed E-state index contributed by atoms with van der Waals surface area (Å²) < 4.78 is 10.3. The van der Waals surface area contributed by atoms with E-state index in [4.69, 9.17) is 9.47 Å². The number of carbonyl (C=O) groups excluding carboxylic acids is 1. The van der Waals surface area contributed by atoms with Crippen LogP contribution in [0.2, 0.25) is 0 Å². The van der Waals surface area contributed by atoms with E-state index in [1.807, 2.05) is 4.90 Å². The monoisotopic (exact) mass is 185 g/mol. The Bertz CT molecular complexity index is 231. The molecule has 2 aliphatic rings. The second kappa shape index (κ2) is 2.87. The fraction of sp³-hybridized carbons (Fsp3) is 0.889. The van der Waals surface area contributed by atoms with Gasteiger partial charge in [-0.3, -0.25) is 4.90 Å². The number of hydrogen-bond donors (Lipinski definition) is 0. The topological polar surface area (TPSA) is 38.8 Å². The summed E-state index contributed by atoms with van der Waals surface area (Å²) in [5.41, 5.74) is -0.129. The highest BCUT2D eigenvalue weighted by molar-refractivity contribution is 5.71. The third-order valence-corrected chi connectivity index (χ3v) is 3.05. The number of hydrogen-bond acceptors (Lipinski definition) is 3. The number of methoxy groups -OCH3 is 1. The average Bonchev–Trinajstić information content (AvgIpc) is 2.42. The van der Waals surface area contributed by atoms with Gasteiger partial charge in [0.25, 0.3) is 0 Å². The van der Waals surface area contributed by atoms with Crippen LogP contribution in [0.25, 0.3) is 0 Å². The number of piperidine rings is 1. The van der Waals surface area contributed by atoms with Crippen LogP contribution < -0.4 is 0 Å². The number of rotatable bonds is 1. The highest BCUT2D eigenvalue weighted by atomic mass is 16.6. The van der Waals surface area contributed by atoms with Crippen LogP contribution >= 0.6 is 0 Å². The second-order valence-corrected chi connectivity index (χ2v) is 4.05.